The van der Waals surface area contributed by atoms with Gasteiger partial charge in [-0.15, -0.1) is 0 Å². The molecular formula is C17H15F3N2O2. The minimum absolute atomic E-state index is 0.0853. The lowest BCUT2D eigenvalue weighted by Crippen LogP contribution is -2.31. The normalized spacial score (nSPS) is 16.6. The van der Waals surface area contributed by atoms with Gasteiger partial charge in [-0.3, -0.25) is 4.79 Å². The predicted molar refractivity (Wildman–Crippen MR) is 81.6 cm³/mol. The van der Waals surface area contributed by atoms with Crippen molar-refractivity contribution in [2.45, 2.75) is 32.3 Å². The van der Waals surface area contributed by atoms with Crippen LogP contribution in [0.5, 0.6) is 5.88 Å². The quantitative estimate of drug-likeness (QED) is 0.936. The topological polar surface area (TPSA) is 65.2 Å². The number of ether oxygens (including phenoxy) is 1. The van der Waals surface area contributed by atoms with Gasteiger partial charge >= 0.3 is 0 Å². The molecular weight excluding hydrogens is 321 g/mol. The number of alkyl halides is 2. The number of rotatable bonds is 3. The highest BCUT2D eigenvalue weighted by molar-refractivity contribution is 5.93. The standard InChI is InChI=1S/C17H15F3N2O2/c1-8-2-3-9(12(18)6-8)11-7-13(16(21)23)22-17-10(11)4-5-14(24-17)15(19)20/h2-3,6-7,14-15H,4-5H2,1H3,(H2,21,23)/t14-/m0/s1. The molecule has 0 aliphatic carbocycles. The van der Waals surface area contributed by atoms with Crippen molar-refractivity contribution in [3.63, 3.8) is 0 Å². The van der Waals surface area contributed by atoms with Crippen LogP contribution in [0, 0.1) is 12.7 Å². The molecule has 0 saturated heterocycles. The molecule has 3 rings (SSSR count). The van der Waals surface area contributed by atoms with E-state index in [2.05, 4.69) is 4.98 Å². The van der Waals surface area contributed by atoms with Crippen LogP contribution in [0.1, 0.15) is 28.0 Å². The lowest BCUT2D eigenvalue weighted by atomic mass is 9.93. The van der Waals surface area contributed by atoms with Crippen molar-refractivity contribution < 1.29 is 22.7 Å². The molecule has 1 atom stereocenters. The second kappa shape index (κ2) is 6.14. The van der Waals surface area contributed by atoms with E-state index in [1.807, 2.05) is 0 Å². The Balaban J connectivity index is 2.17. The molecule has 0 saturated carbocycles. The summed E-state index contributed by atoms with van der Waals surface area (Å²) in [4.78, 5) is 15.4. The molecule has 7 heteroatoms. The highest BCUT2D eigenvalue weighted by Gasteiger charge is 2.31. The van der Waals surface area contributed by atoms with Crippen LogP contribution < -0.4 is 10.5 Å². The van der Waals surface area contributed by atoms with Crippen molar-refractivity contribution in [2.24, 2.45) is 5.73 Å². The van der Waals surface area contributed by atoms with Crippen LogP contribution in [-0.2, 0) is 6.42 Å². The molecule has 24 heavy (non-hydrogen) atoms. The summed E-state index contributed by atoms with van der Waals surface area (Å²) in [5.41, 5.74) is 6.98. The Morgan fingerprint density at radius 1 is 1.33 bits per heavy atom. The van der Waals surface area contributed by atoms with E-state index in [0.717, 1.165) is 5.56 Å². The molecule has 2 heterocycles. The SMILES string of the molecule is Cc1ccc(-c2cc(C(N)=O)nc3c2CC[C@@H](C(F)F)O3)c(F)c1. The third-order valence-electron chi connectivity index (χ3n) is 3.98. The van der Waals surface area contributed by atoms with Gasteiger partial charge in [0.25, 0.3) is 12.3 Å². The fraction of sp³-hybridized carbons (Fsp3) is 0.294. The fourth-order valence-corrected chi connectivity index (χ4v) is 2.76. The van der Waals surface area contributed by atoms with Gasteiger partial charge in [-0.05, 0) is 43.0 Å². The molecule has 0 spiro atoms. The van der Waals surface area contributed by atoms with E-state index in [-0.39, 0.29) is 30.0 Å². The van der Waals surface area contributed by atoms with E-state index >= 15 is 0 Å². The molecule has 1 aromatic carbocycles. The third-order valence-corrected chi connectivity index (χ3v) is 3.98. The smallest absolute Gasteiger partial charge is 0.274 e. The Kier molecular flexibility index (Phi) is 4.17. The molecule has 0 fully saturated rings. The zero-order chi connectivity index (χ0) is 17.4. The van der Waals surface area contributed by atoms with Crippen molar-refractivity contribution in [1.82, 2.24) is 4.98 Å². The van der Waals surface area contributed by atoms with Crippen LogP contribution in [0.2, 0.25) is 0 Å². The van der Waals surface area contributed by atoms with Gasteiger partial charge in [0, 0.05) is 11.1 Å². The highest BCUT2D eigenvalue weighted by atomic mass is 19.3. The van der Waals surface area contributed by atoms with E-state index in [1.165, 1.54) is 12.1 Å². The molecule has 4 nitrogen and oxygen atoms in total. The van der Waals surface area contributed by atoms with Crippen molar-refractivity contribution >= 4 is 5.91 Å². The second-order valence-electron chi connectivity index (χ2n) is 5.72. The first-order chi connectivity index (χ1) is 11.4. The van der Waals surface area contributed by atoms with Gasteiger partial charge in [0.15, 0.2) is 6.10 Å². The largest absolute Gasteiger partial charge is 0.468 e. The van der Waals surface area contributed by atoms with Crippen molar-refractivity contribution in [3.05, 3.63) is 46.9 Å². The molecule has 2 aromatic rings. The summed E-state index contributed by atoms with van der Waals surface area (Å²) in [6, 6.07) is 6.03. The summed E-state index contributed by atoms with van der Waals surface area (Å²) in [6.45, 7) is 1.75. The fourth-order valence-electron chi connectivity index (χ4n) is 2.76. The zero-order valence-electron chi connectivity index (χ0n) is 12.9. The maximum atomic E-state index is 14.3. The van der Waals surface area contributed by atoms with Crippen LogP contribution in [-0.4, -0.2) is 23.4 Å². The first-order valence-corrected chi connectivity index (χ1v) is 7.42. The maximum absolute atomic E-state index is 14.3. The number of nitrogens with zero attached hydrogens (tertiary/aromatic N) is 1. The molecule has 0 radical (unpaired) electrons. The van der Waals surface area contributed by atoms with Crippen LogP contribution in [0.25, 0.3) is 11.1 Å². The highest BCUT2D eigenvalue weighted by Crippen LogP contribution is 2.37. The molecule has 1 amide bonds. The zero-order valence-corrected chi connectivity index (χ0v) is 12.9. The number of carbonyl (C=O) groups excluding carboxylic acids is 1. The molecule has 1 aliphatic rings. The number of fused-ring (bicyclic) bond motifs is 1. The van der Waals surface area contributed by atoms with Gasteiger partial charge in [0.2, 0.25) is 5.88 Å². The number of primary amides is 1. The Labute approximate surface area is 136 Å². The van der Waals surface area contributed by atoms with Crippen molar-refractivity contribution in [1.29, 1.82) is 0 Å². The number of benzene rings is 1. The number of halogens is 3. The molecule has 0 bridgehead atoms. The van der Waals surface area contributed by atoms with Gasteiger partial charge in [0.05, 0.1) is 0 Å². The van der Waals surface area contributed by atoms with Gasteiger partial charge in [0.1, 0.15) is 11.5 Å². The van der Waals surface area contributed by atoms with Crippen molar-refractivity contribution in [3.8, 4) is 17.0 Å². The number of pyridine rings is 1. The van der Waals surface area contributed by atoms with Gasteiger partial charge in [-0.1, -0.05) is 12.1 Å². The maximum Gasteiger partial charge on any atom is 0.274 e. The van der Waals surface area contributed by atoms with E-state index in [1.54, 1.807) is 19.1 Å². The average molecular weight is 336 g/mol. The van der Waals surface area contributed by atoms with Crippen LogP contribution in [0.15, 0.2) is 24.3 Å². The molecule has 2 N–H and O–H groups in total. The Hall–Kier alpha value is -2.57. The first kappa shape index (κ1) is 16.3. The summed E-state index contributed by atoms with van der Waals surface area (Å²) in [5.74, 6) is -1.40. The Morgan fingerprint density at radius 2 is 2.08 bits per heavy atom. The lowest BCUT2D eigenvalue weighted by molar-refractivity contribution is -0.00215. The third kappa shape index (κ3) is 2.93. The number of carbonyl (C=O) groups is 1. The number of amides is 1. The van der Waals surface area contributed by atoms with E-state index in [4.69, 9.17) is 10.5 Å². The summed E-state index contributed by atoms with van der Waals surface area (Å²) in [6.07, 6.45) is -3.64. The number of nitrogens with two attached hydrogens (primary N) is 1. The molecule has 126 valence electrons. The van der Waals surface area contributed by atoms with E-state index in [9.17, 15) is 18.0 Å². The number of aromatic nitrogens is 1. The van der Waals surface area contributed by atoms with Gasteiger partial charge in [-0.2, -0.15) is 0 Å². The summed E-state index contributed by atoms with van der Waals surface area (Å²) in [5, 5.41) is 0. The average Bonchev–Trinajstić information content (AvgIpc) is 2.53. The predicted octanol–water partition coefficient (Wildman–Crippen LogP) is 3.25. The molecule has 0 unspecified atom stereocenters. The van der Waals surface area contributed by atoms with Crippen LogP contribution >= 0.6 is 0 Å². The van der Waals surface area contributed by atoms with Crippen LogP contribution in [0.3, 0.4) is 0 Å². The second-order valence-corrected chi connectivity index (χ2v) is 5.72. The number of aryl methyl sites for hydroxylation is 1. The Bertz CT molecular complexity index is 809. The summed E-state index contributed by atoms with van der Waals surface area (Å²) in [7, 11) is 0. The van der Waals surface area contributed by atoms with E-state index in [0.29, 0.717) is 11.1 Å². The number of hydrogen-bond donors (Lipinski definition) is 1. The lowest BCUT2D eigenvalue weighted by Gasteiger charge is -2.26. The Morgan fingerprint density at radius 3 is 2.71 bits per heavy atom. The number of hydrogen-bond acceptors (Lipinski definition) is 3. The van der Waals surface area contributed by atoms with Crippen LogP contribution in [0.4, 0.5) is 13.2 Å². The first-order valence-electron chi connectivity index (χ1n) is 7.42. The minimum atomic E-state index is -2.67. The van der Waals surface area contributed by atoms with Crippen molar-refractivity contribution in [2.75, 3.05) is 0 Å². The molecule has 1 aliphatic heterocycles. The molecule has 1 aromatic heterocycles. The van der Waals surface area contributed by atoms with Gasteiger partial charge in [-0.25, -0.2) is 18.2 Å². The van der Waals surface area contributed by atoms with Gasteiger partial charge < -0.3 is 10.5 Å². The van der Waals surface area contributed by atoms with E-state index < -0.39 is 24.3 Å². The summed E-state index contributed by atoms with van der Waals surface area (Å²) < 4.78 is 45.4. The monoisotopic (exact) mass is 336 g/mol. The minimum Gasteiger partial charge on any atom is -0.468 e. The summed E-state index contributed by atoms with van der Waals surface area (Å²) >= 11 is 0.